The molecule has 1 fully saturated rings. The molecule has 6 nitrogen and oxygen atoms in total. The Morgan fingerprint density at radius 3 is 2.73 bits per heavy atom. The predicted octanol–water partition coefficient (Wildman–Crippen LogP) is 4.94. The molecule has 1 aromatic heterocycles. The number of carbonyl (C=O) groups excluding carboxylic acids is 1. The van der Waals surface area contributed by atoms with Gasteiger partial charge in [0, 0.05) is 36.6 Å². The fraction of sp³-hybridized carbons (Fsp3) is 0.231. The Labute approximate surface area is 197 Å². The van der Waals surface area contributed by atoms with Crippen LogP contribution in [0.3, 0.4) is 0 Å². The van der Waals surface area contributed by atoms with E-state index in [1.807, 2.05) is 60.7 Å². The fourth-order valence-electron chi connectivity index (χ4n) is 3.97. The van der Waals surface area contributed by atoms with Gasteiger partial charge < -0.3 is 15.0 Å². The van der Waals surface area contributed by atoms with Crippen molar-refractivity contribution >= 4 is 34.4 Å². The van der Waals surface area contributed by atoms with E-state index >= 15 is 0 Å². The van der Waals surface area contributed by atoms with Gasteiger partial charge in [-0.05, 0) is 41.5 Å². The maximum atomic E-state index is 13.1. The number of thioether (sulfide) groups is 1. The Kier molecular flexibility index (Phi) is 6.71. The molecule has 5 rings (SSSR count). The quantitative estimate of drug-likeness (QED) is 0.384. The number of para-hydroxylation sites is 2. The van der Waals surface area contributed by atoms with E-state index < -0.39 is 0 Å². The van der Waals surface area contributed by atoms with E-state index in [4.69, 9.17) is 4.74 Å². The standard InChI is InChI=1S/C26H26N4O2S/c31-25(27-21-8-5-6-19(16-21)17-30-12-14-32-15-13-30)22-9-2-1-7-20(22)18-33-26-28-23-10-3-4-11-24(23)29-26/h1-11,16H,12-15,17-18H2,(H,27,31)(H,28,29). The highest BCUT2D eigenvalue weighted by molar-refractivity contribution is 7.98. The van der Waals surface area contributed by atoms with E-state index in [2.05, 4.69) is 32.3 Å². The molecule has 0 atom stereocenters. The van der Waals surface area contributed by atoms with Gasteiger partial charge in [0.15, 0.2) is 5.16 Å². The Hall–Kier alpha value is -3.13. The number of ether oxygens (including phenoxy) is 1. The first-order valence-electron chi connectivity index (χ1n) is 11.1. The summed E-state index contributed by atoms with van der Waals surface area (Å²) >= 11 is 1.60. The largest absolute Gasteiger partial charge is 0.379 e. The number of anilines is 1. The molecular weight excluding hydrogens is 432 g/mol. The van der Waals surface area contributed by atoms with E-state index in [-0.39, 0.29) is 5.91 Å². The summed E-state index contributed by atoms with van der Waals surface area (Å²) in [5.41, 5.74) is 5.62. The highest BCUT2D eigenvalue weighted by Crippen LogP contribution is 2.25. The molecule has 0 aliphatic carbocycles. The van der Waals surface area contributed by atoms with Gasteiger partial charge in [0.1, 0.15) is 0 Å². The van der Waals surface area contributed by atoms with Crippen molar-refractivity contribution in [2.24, 2.45) is 0 Å². The fourth-order valence-corrected chi connectivity index (χ4v) is 4.86. The number of nitrogens with zero attached hydrogens (tertiary/aromatic N) is 2. The van der Waals surface area contributed by atoms with Crippen LogP contribution >= 0.6 is 11.8 Å². The highest BCUT2D eigenvalue weighted by Gasteiger charge is 2.14. The third-order valence-electron chi connectivity index (χ3n) is 5.69. The summed E-state index contributed by atoms with van der Waals surface area (Å²) < 4.78 is 5.43. The summed E-state index contributed by atoms with van der Waals surface area (Å²) in [7, 11) is 0. The number of carbonyl (C=O) groups is 1. The number of hydrogen-bond donors (Lipinski definition) is 2. The van der Waals surface area contributed by atoms with Gasteiger partial charge in [-0.2, -0.15) is 0 Å². The first kappa shape index (κ1) is 21.7. The van der Waals surface area contributed by atoms with Crippen LogP contribution in [0.4, 0.5) is 5.69 Å². The third-order valence-corrected chi connectivity index (χ3v) is 6.61. The number of H-pyrrole nitrogens is 1. The maximum absolute atomic E-state index is 13.1. The summed E-state index contributed by atoms with van der Waals surface area (Å²) in [5, 5.41) is 3.93. The van der Waals surface area contributed by atoms with Gasteiger partial charge >= 0.3 is 0 Å². The first-order valence-corrected chi connectivity index (χ1v) is 12.1. The number of morpholine rings is 1. The van der Waals surface area contributed by atoms with Crippen LogP contribution in [0.5, 0.6) is 0 Å². The van der Waals surface area contributed by atoms with Crippen molar-refractivity contribution < 1.29 is 9.53 Å². The van der Waals surface area contributed by atoms with Gasteiger partial charge in [0.25, 0.3) is 5.91 Å². The van der Waals surface area contributed by atoms with Crippen molar-refractivity contribution in [1.82, 2.24) is 14.9 Å². The summed E-state index contributed by atoms with van der Waals surface area (Å²) in [4.78, 5) is 23.4. The summed E-state index contributed by atoms with van der Waals surface area (Å²) in [6.45, 7) is 4.29. The minimum Gasteiger partial charge on any atom is -0.379 e. The molecule has 33 heavy (non-hydrogen) atoms. The molecule has 1 amide bonds. The van der Waals surface area contributed by atoms with E-state index in [9.17, 15) is 4.79 Å². The zero-order valence-corrected chi connectivity index (χ0v) is 19.1. The van der Waals surface area contributed by atoms with Crippen molar-refractivity contribution in [2.45, 2.75) is 17.5 Å². The Morgan fingerprint density at radius 1 is 1.03 bits per heavy atom. The predicted molar refractivity (Wildman–Crippen MR) is 133 cm³/mol. The number of amides is 1. The van der Waals surface area contributed by atoms with Crippen LogP contribution in [0, 0.1) is 0 Å². The van der Waals surface area contributed by atoms with E-state index in [1.165, 1.54) is 5.56 Å². The molecule has 1 aliphatic rings. The lowest BCUT2D eigenvalue weighted by Gasteiger charge is -2.26. The van der Waals surface area contributed by atoms with Crippen LogP contribution in [0.25, 0.3) is 11.0 Å². The number of aromatic amines is 1. The van der Waals surface area contributed by atoms with Crippen LogP contribution in [-0.4, -0.2) is 47.1 Å². The van der Waals surface area contributed by atoms with Gasteiger partial charge in [-0.15, -0.1) is 0 Å². The lowest BCUT2D eigenvalue weighted by atomic mass is 10.1. The molecule has 0 saturated carbocycles. The lowest BCUT2D eigenvalue weighted by molar-refractivity contribution is 0.0342. The number of hydrogen-bond acceptors (Lipinski definition) is 5. The molecule has 1 aliphatic heterocycles. The van der Waals surface area contributed by atoms with Gasteiger partial charge in [-0.1, -0.05) is 54.2 Å². The average Bonchev–Trinajstić information content (AvgIpc) is 3.27. The zero-order chi connectivity index (χ0) is 22.5. The van der Waals surface area contributed by atoms with Gasteiger partial charge in [0.05, 0.1) is 24.2 Å². The number of nitrogens with one attached hydrogen (secondary N) is 2. The first-order chi connectivity index (χ1) is 16.2. The molecule has 2 heterocycles. The molecular formula is C26H26N4O2S. The van der Waals surface area contributed by atoms with E-state index in [0.29, 0.717) is 11.3 Å². The molecule has 0 bridgehead atoms. The smallest absolute Gasteiger partial charge is 0.255 e. The van der Waals surface area contributed by atoms with Crippen LogP contribution in [0.2, 0.25) is 0 Å². The summed E-state index contributed by atoms with van der Waals surface area (Å²) in [6.07, 6.45) is 0. The molecule has 0 radical (unpaired) electrons. The molecule has 168 valence electrons. The average molecular weight is 459 g/mol. The van der Waals surface area contributed by atoms with Crippen molar-refractivity contribution in [3.63, 3.8) is 0 Å². The molecule has 0 spiro atoms. The topological polar surface area (TPSA) is 70.2 Å². The molecule has 1 saturated heterocycles. The van der Waals surface area contributed by atoms with Crippen molar-refractivity contribution in [3.8, 4) is 0 Å². The van der Waals surface area contributed by atoms with Gasteiger partial charge in [-0.3, -0.25) is 9.69 Å². The maximum Gasteiger partial charge on any atom is 0.255 e. The van der Waals surface area contributed by atoms with Gasteiger partial charge in [0.2, 0.25) is 0 Å². The molecule has 2 N–H and O–H groups in total. The monoisotopic (exact) mass is 458 g/mol. The lowest BCUT2D eigenvalue weighted by Crippen LogP contribution is -2.35. The normalized spacial score (nSPS) is 14.4. The second-order valence-electron chi connectivity index (χ2n) is 8.05. The SMILES string of the molecule is O=C(Nc1cccc(CN2CCOCC2)c1)c1ccccc1CSc1nc2ccccc2[nH]1. The minimum atomic E-state index is -0.0978. The minimum absolute atomic E-state index is 0.0978. The Balaban J connectivity index is 1.26. The Morgan fingerprint density at radius 2 is 1.85 bits per heavy atom. The highest BCUT2D eigenvalue weighted by atomic mass is 32.2. The van der Waals surface area contributed by atoms with Crippen LogP contribution < -0.4 is 5.32 Å². The van der Waals surface area contributed by atoms with Gasteiger partial charge in [-0.25, -0.2) is 4.98 Å². The van der Waals surface area contributed by atoms with Crippen LogP contribution in [0.15, 0.2) is 78.0 Å². The molecule has 0 unspecified atom stereocenters. The third kappa shape index (κ3) is 5.45. The van der Waals surface area contributed by atoms with Crippen LogP contribution in [-0.2, 0) is 17.0 Å². The van der Waals surface area contributed by atoms with E-state index in [1.54, 1.807) is 11.8 Å². The molecule has 4 aromatic rings. The number of imidazole rings is 1. The molecule has 3 aromatic carbocycles. The number of aromatic nitrogens is 2. The number of rotatable bonds is 7. The summed E-state index contributed by atoms with van der Waals surface area (Å²) in [5.74, 6) is 0.555. The van der Waals surface area contributed by atoms with Crippen molar-refractivity contribution in [1.29, 1.82) is 0 Å². The number of benzene rings is 3. The van der Waals surface area contributed by atoms with Crippen molar-refractivity contribution in [3.05, 3.63) is 89.5 Å². The number of fused-ring (bicyclic) bond motifs is 1. The van der Waals surface area contributed by atoms with Crippen LogP contribution in [0.1, 0.15) is 21.5 Å². The second kappa shape index (κ2) is 10.2. The van der Waals surface area contributed by atoms with E-state index in [0.717, 1.165) is 60.3 Å². The molecule has 7 heteroatoms. The Bertz CT molecular complexity index is 1220. The second-order valence-corrected chi connectivity index (χ2v) is 9.01. The van der Waals surface area contributed by atoms with Crippen molar-refractivity contribution in [2.75, 3.05) is 31.6 Å². The summed E-state index contributed by atoms with van der Waals surface area (Å²) in [6, 6.07) is 23.8. The zero-order valence-electron chi connectivity index (χ0n) is 18.3.